The van der Waals surface area contributed by atoms with Crippen LogP contribution < -0.4 is 10.6 Å². The van der Waals surface area contributed by atoms with Crippen molar-refractivity contribution in [2.24, 2.45) is 4.99 Å². The molecule has 1 aliphatic heterocycles. The van der Waals surface area contributed by atoms with Crippen LogP contribution in [0.25, 0.3) is 0 Å². The van der Waals surface area contributed by atoms with Gasteiger partial charge in [0, 0.05) is 52.9 Å². The molecular weight excluding hydrogens is 282 g/mol. The Morgan fingerprint density at radius 1 is 1.05 bits per heavy atom. The lowest BCUT2D eigenvalue weighted by molar-refractivity contribution is 0.139. The van der Waals surface area contributed by atoms with Gasteiger partial charge in [-0.25, -0.2) is 0 Å². The molecule has 1 aliphatic rings. The summed E-state index contributed by atoms with van der Waals surface area (Å²) in [5, 5.41) is 6.80. The number of thioether (sulfide) groups is 1. The Kier molecular flexibility index (Phi) is 10.7. The summed E-state index contributed by atoms with van der Waals surface area (Å²) >= 11 is 1.92. The van der Waals surface area contributed by atoms with Gasteiger partial charge in [0.25, 0.3) is 0 Å². The fraction of sp³-hybridized carbons (Fsp3) is 0.933. The van der Waals surface area contributed by atoms with E-state index in [2.05, 4.69) is 38.6 Å². The number of nitrogens with zero attached hydrogens (tertiary/aromatic N) is 3. The van der Waals surface area contributed by atoms with E-state index in [4.69, 9.17) is 0 Å². The van der Waals surface area contributed by atoms with Gasteiger partial charge in [-0.15, -0.1) is 0 Å². The van der Waals surface area contributed by atoms with Crippen molar-refractivity contribution in [3.8, 4) is 0 Å². The average Bonchev–Trinajstić information content (AvgIpc) is 2.53. The zero-order valence-corrected chi connectivity index (χ0v) is 14.8. The first-order valence-corrected chi connectivity index (χ1v) is 9.57. The number of aliphatic imine (C=N–C) groups is 1. The lowest BCUT2D eigenvalue weighted by atomic mass is 10.3. The van der Waals surface area contributed by atoms with E-state index in [1.807, 2.05) is 18.8 Å². The summed E-state index contributed by atoms with van der Waals surface area (Å²) < 4.78 is 0. The fourth-order valence-corrected chi connectivity index (χ4v) is 2.95. The number of piperazine rings is 1. The highest BCUT2D eigenvalue weighted by atomic mass is 32.2. The van der Waals surface area contributed by atoms with Gasteiger partial charge in [0.15, 0.2) is 5.96 Å². The number of guanidine groups is 1. The van der Waals surface area contributed by atoms with E-state index in [1.165, 1.54) is 51.3 Å². The highest BCUT2D eigenvalue weighted by Gasteiger charge is 2.14. The van der Waals surface area contributed by atoms with Crippen LogP contribution in [0, 0.1) is 0 Å². The molecule has 0 aromatic rings. The minimum Gasteiger partial charge on any atom is -0.356 e. The fourth-order valence-electron chi connectivity index (χ4n) is 2.46. The third-order valence-electron chi connectivity index (χ3n) is 3.92. The molecule has 2 N–H and O–H groups in total. The third kappa shape index (κ3) is 8.53. The minimum atomic E-state index is 0.936. The van der Waals surface area contributed by atoms with Gasteiger partial charge in [-0.2, -0.15) is 11.8 Å². The zero-order chi connectivity index (χ0) is 15.3. The average molecular weight is 316 g/mol. The number of likely N-dealkylation sites (N-methyl/N-ethyl adjacent to an activating group) is 1. The van der Waals surface area contributed by atoms with E-state index in [0.29, 0.717) is 0 Å². The number of unbranched alkanes of at least 4 members (excludes halogenated alkanes) is 1. The number of hydrogen-bond donors (Lipinski definition) is 2. The smallest absolute Gasteiger partial charge is 0.191 e. The minimum absolute atomic E-state index is 0.936. The van der Waals surface area contributed by atoms with Crippen molar-refractivity contribution in [3.05, 3.63) is 0 Å². The Hall–Kier alpha value is -0.460. The predicted octanol–water partition coefficient (Wildman–Crippen LogP) is 0.932. The van der Waals surface area contributed by atoms with Crippen molar-refractivity contribution in [2.75, 3.05) is 71.4 Å². The van der Waals surface area contributed by atoms with Crippen molar-refractivity contribution in [1.29, 1.82) is 0 Å². The largest absolute Gasteiger partial charge is 0.356 e. The van der Waals surface area contributed by atoms with E-state index < -0.39 is 0 Å². The molecule has 6 heteroatoms. The highest BCUT2D eigenvalue weighted by molar-refractivity contribution is 7.98. The van der Waals surface area contributed by atoms with Crippen LogP contribution in [0.4, 0.5) is 0 Å². The maximum absolute atomic E-state index is 4.28. The SMILES string of the molecule is CCN1CCN(CCNC(=NC)NCCCCSC)CC1. The summed E-state index contributed by atoms with van der Waals surface area (Å²) in [4.78, 5) is 9.32. The molecule has 0 aromatic carbocycles. The van der Waals surface area contributed by atoms with Gasteiger partial charge in [-0.05, 0) is 31.4 Å². The second-order valence-electron chi connectivity index (χ2n) is 5.40. The summed E-state index contributed by atoms with van der Waals surface area (Å²) in [6.07, 6.45) is 4.64. The molecule has 1 heterocycles. The maximum atomic E-state index is 4.28. The topological polar surface area (TPSA) is 42.9 Å². The molecule has 1 saturated heterocycles. The Bertz CT molecular complexity index is 277. The van der Waals surface area contributed by atoms with Crippen LogP contribution in [0.1, 0.15) is 19.8 Å². The van der Waals surface area contributed by atoms with Gasteiger partial charge in [0.1, 0.15) is 0 Å². The summed E-state index contributed by atoms with van der Waals surface area (Å²) in [6, 6.07) is 0. The molecule has 0 unspecified atom stereocenters. The van der Waals surface area contributed by atoms with Gasteiger partial charge in [0.2, 0.25) is 0 Å². The van der Waals surface area contributed by atoms with Crippen LogP contribution in [-0.2, 0) is 0 Å². The standard InChI is InChI=1S/C15H33N5S/c1-4-19-10-12-20(13-11-19)9-8-18-15(16-2)17-7-5-6-14-21-3/h4-14H2,1-3H3,(H2,16,17,18). The Labute approximate surface area is 134 Å². The second kappa shape index (κ2) is 12.1. The molecule has 0 spiro atoms. The van der Waals surface area contributed by atoms with Crippen LogP contribution in [0.15, 0.2) is 4.99 Å². The van der Waals surface area contributed by atoms with Crippen molar-refractivity contribution in [3.63, 3.8) is 0 Å². The third-order valence-corrected chi connectivity index (χ3v) is 4.62. The van der Waals surface area contributed by atoms with E-state index in [1.54, 1.807) is 0 Å². The van der Waals surface area contributed by atoms with E-state index in [9.17, 15) is 0 Å². The first-order chi connectivity index (χ1) is 10.3. The number of hydrogen-bond acceptors (Lipinski definition) is 4. The van der Waals surface area contributed by atoms with Crippen molar-refractivity contribution >= 4 is 17.7 Å². The summed E-state index contributed by atoms with van der Waals surface area (Å²) in [5.41, 5.74) is 0. The van der Waals surface area contributed by atoms with Crippen LogP contribution in [-0.4, -0.2) is 87.2 Å². The van der Waals surface area contributed by atoms with Crippen LogP contribution in [0.5, 0.6) is 0 Å². The van der Waals surface area contributed by atoms with Gasteiger partial charge < -0.3 is 15.5 Å². The van der Waals surface area contributed by atoms with Crippen molar-refractivity contribution in [2.45, 2.75) is 19.8 Å². The molecule has 0 amide bonds. The molecule has 0 saturated carbocycles. The first kappa shape index (κ1) is 18.6. The molecule has 1 fully saturated rings. The molecule has 0 aromatic heterocycles. The van der Waals surface area contributed by atoms with Gasteiger partial charge in [0.05, 0.1) is 0 Å². The van der Waals surface area contributed by atoms with Crippen LogP contribution in [0.2, 0.25) is 0 Å². The lowest BCUT2D eigenvalue weighted by Gasteiger charge is -2.34. The predicted molar refractivity (Wildman–Crippen MR) is 95.5 cm³/mol. The van der Waals surface area contributed by atoms with E-state index in [-0.39, 0.29) is 0 Å². The highest BCUT2D eigenvalue weighted by Crippen LogP contribution is 2.00. The lowest BCUT2D eigenvalue weighted by Crippen LogP contribution is -2.49. The molecular formula is C15H33N5S. The van der Waals surface area contributed by atoms with Crippen molar-refractivity contribution in [1.82, 2.24) is 20.4 Å². The number of nitrogens with one attached hydrogen (secondary N) is 2. The van der Waals surface area contributed by atoms with Crippen molar-refractivity contribution < 1.29 is 0 Å². The molecule has 0 bridgehead atoms. The van der Waals surface area contributed by atoms with Crippen LogP contribution in [0.3, 0.4) is 0 Å². The quantitative estimate of drug-likeness (QED) is 0.376. The Morgan fingerprint density at radius 2 is 1.71 bits per heavy atom. The van der Waals surface area contributed by atoms with E-state index >= 15 is 0 Å². The molecule has 124 valence electrons. The molecule has 0 radical (unpaired) electrons. The maximum Gasteiger partial charge on any atom is 0.191 e. The van der Waals surface area contributed by atoms with Gasteiger partial charge in [-0.1, -0.05) is 6.92 Å². The zero-order valence-electron chi connectivity index (χ0n) is 14.0. The van der Waals surface area contributed by atoms with E-state index in [0.717, 1.165) is 25.6 Å². The van der Waals surface area contributed by atoms with Crippen LogP contribution >= 0.6 is 11.8 Å². The van der Waals surface area contributed by atoms with Gasteiger partial charge in [-0.3, -0.25) is 9.89 Å². The molecule has 5 nitrogen and oxygen atoms in total. The molecule has 1 rings (SSSR count). The number of rotatable bonds is 9. The molecule has 21 heavy (non-hydrogen) atoms. The first-order valence-electron chi connectivity index (χ1n) is 8.18. The summed E-state index contributed by atoms with van der Waals surface area (Å²) in [7, 11) is 1.84. The molecule has 0 aliphatic carbocycles. The monoisotopic (exact) mass is 315 g/mol. The second-order valence-corrected chi connectivity index (χ2v) is 6.39. The Balaban J connectivity index is 2.04. The normalized spacial score (nSPS) is 18.0. The molecule has 0 atom stereocenters. The van der Waals surface area contributed by atoms with Gasteiger partial charge >= 0.3 is 0 Å². The summed E-state index contributed by atoms with van der Waals surface area (Å²) in [6.45, 7) is 11.3. The Morgan fingerprint density at radius 3 is 2.33 bits per heavy atom. The summed E-state index contributed by atoms with van der Waals surface area (Å²) in [5.74, 6) is 2.18.